The van der Waals surface area contributed by atoms with Gasteiger partial charge in [-0.3, -0.25) is 4.79 Å². The van der Waals surface area contributed by atoms with E-state index in [0.717, 1.165) is 5.56 Å². The third-order valence-corrected chi connectivity index (χ3v) is 5.44. The molecular weight excluding hydrogens is 429 g/mol. The van der Waals surface area contributed by atoms with Crippen molar-refractivity contribution in [2.45, 2.75) is 0 Å². The first-order valence-electron chi connectivity index (χ1n) is 8.66. The van der Waals surface area contributed by atoms with E-state index in [9.17, 15) is 14.0 Å². The number of methoxy groups -OCH3 is 1. The maximum absolute atomic E-state index is 13.1. The van der Waals surface area contributed by atoms with E-state index in [4.69, 9.17) is 16.3 Å². The lowest BCUT2D eigenvalue weighted by atomic mass is 10.1. The molecule has 6 nitrogen and oxygen atoms in total. The molecule has 0 saturated heterocycles. The number of hydrogen-bond acceptors (Lipinski definition) is 6. The van der Waals surface area contributed by atoms with E-state index in [1.807, 2.05) is 0 Å². The molecule has 9 heteroatoms. The standard InChI is InChI=1S/C21H13ClFN3O3S/c1-29-21(28)12-4-7-15-17(8-12)25-18(26-19(15)27)16(22)9-14-10-30-20(24-14)11-2-5-13(23)6-3-11/h2-10H,1H3,(H,25,26,27)/b16-9-. The topological polar surface area (TPSA) is 84.9 Å². The molecule has 0 saturated carbocycles. The summed E-state index contributed by atoms with van der Waals surface area (Å²) in [5, 5.41) is 2.99. The molecule has 0 amide bonds. The SMILES string of the molecule is COC(=O)c1ccc2c(=O)[nH]c(/C(Cl)=C/c3csc(-c4ccc(F)cc4)n3)nc2c1. The summed E-state index contributed by atoms with van der Waals surface area (Å²) in [7, 11) is 1.27. The Bertz CT molecular complexity index is 1350. The molecule has 1 N–H and O–H groups in total. The van der Waals surface area contributed by atoms with Gasteiger partial charge in [0.25, 0.3) is 5.56 Å². The fourth-order valence-electron chi connectivity index (χ4n) is 2.77. The van der Waals surface area contributed by atoms with Crippen LogP contribution in [0.5, 0.6) is 0 Å². The van der Waals surface area contributed by atoms with Crippen molar-refractivity contribution >= 4 is 50.9 Å². The van der Waals surface area contributed by atoms with Crippen molar-refractivity contribution in [2.24, 2.45) is 0 Å². The van der Waals surface area contributed by atoms with Gasteiger partial charge in [0.2, 0.25) is 0 Å². The Morgan fingerprint density at radius 2 is 1.97 bits per heavy atom. The Balaban J connectivity index is 1.69. The van der Waals surface area contributed by atoms with Crippen LogP contribution in [0.4, 0.5) is 4.39 Å². The van der Waals surface area contributed by atoms with Crippen LogP contribution in [0.3, 0.4) is 0 Å². The minimum absolute atomic E-state index is 0.146. The van der Waals surface area contributed by atoms with E-state index < -0.39 is 5.97 Å². The average molecular weight is 442 g/mol. The predicted octanol–water partition coefficient (Wildman–Crippen LogP) is 4.71. The largest absolute Gasteiger partial charge is 0.465 e. The van der Waals surface area contributed by atoms with Crippen molar-refractivity contribution in [3.05, 3.63) is 81.1 Å². The lowest BCUT2D eigenvalue weighted by Gasteiger charge is -2.04. The monoisotopic (exact) mass is 441 g/mol. The number of fused-ring (bicyclic) bond motifs is 1. The molecule has 0 aliphatic rings. The first kappa shape index (κ1) is 19.9. The third kappa shape index (κ3) is 4.00. The number of rotatable bonds is 4. The number of esters is 1. The molecule has 0 bridgehead atoms. The van der Waals surface area contributed by atoms with Crippen molar-refractivity contribution in [1.29, 1.82) is 0 Å². The first-order chi connectivity index (χ1) is 14.4. The molecule has 0 atom stereocenters. The molecule has 0 radical (unpaired) electrons. The number of benzene rings is 2. The first-order valence-corrected chi connectivity index (χ1v) is 9.92. The van der Waals surface area contributed by atoms with Crippen LogP contribution in [-0.4, -0.2) is 28.0 Å². The zero-order valence-corrected chi connectivity index (χ0v) is 17.1. The van der Waals surface area contributed by atoms with Gasteiger partial charge < -0.3 is 9.72 Å². The third-order valence-electron chi connectivity index (χ3n) is 4.24. The Morgan fingerprint density at radius 3 is 2.70 bits per heavy atom. The van der Waals surface area contributed by atoms with E-state index in [1.54, 1.807) is 23.6 Å². The molecule has 0 spiro atoms. The molecule has 4 rings (SSSR count). The molecule has 2 aromatic carbocycles. The average Bonchev–Trinajstić information content (AvgIpc) is 3.21. The molecule has 0 aliphatic heterocycles. The number of aromatic amines is 1. The van der Waals surface area contributed by atoms with Crippen molar-refractivity contribution < 1.29 is 13.9 Å². The van der Waals surface area contributed by atoms with Crippen LogP contribution in [0.1, 0.15) is 21.9 Å². The molecule has 0 aliphatic carbocycles. The number of carbonyl (C=O) groups is 1. The molecule has 0 fully saturated rings. The fraction of sp³-hybridized carbons (Fsp3) is 0.0476. The number of ether oxygens (including phenoxy) is 1. The fourth-order valence-corrected chi connectivity index (χ4v) is 3.76. The van der Waals surface area contributed by atoms with E-state index in [2.05, 4.69) is 15.0 Å². The number of aromatic nitrogens is 3. The van der Waals surface area contributed by atoms with Crippen LogP contribution < -0.4 is 5.56 Å². The van der Waals surface area contributed by atoms with Crippen LogP contribution in [-0.2, 0) is 4.74 Å². The van der Waals surface area contributed by atoms with E-state index in [-0.39, 0.29) is 27.8 Å². The van der Waals surface area contributed by atoms with Crippen molar-refractivity contribution in [2.75, 3.05) is 7.11 Å². The second-order valence-electron chi connectivity index (χ2n) is 6.21. The zero-order chi connectivity index (χ0) is 21.3. The van der Waals surface area contributed by atoms with Crippen molar-refractivity contribution in [1.82, 2.24) is 15.0 Å². The Hall–Kier alpha value is -3.36. The van der Waals surface area contributed by atoms with Crippen LogP contribution in [0.15, 0.2) is 52.6 Å². The lowest BCUT2D eigenvalue weighted by molar-refractivity contribution is 0.0601. The van der Waals surface area contributed by atoms with Gasteiger partial charge in [0.1, 0.15) is 10.8 Å². The highest BCUT2D eigenvalue weighted by Crippen LogP contribution is 2.27. The highest BCUT2D eigenvalue weighted by Gasteiger charge is 2.12. The van der Waals surface area contributed by atoms with E-state index in [1.165, 1.54) is 48.8 Å². The summed E-state index contributed by atoms with van der Waals surface area (Å²) < 4.78 is 17.8. The van der Waals surface area contributed by atoms with E-state index >= 15 is 0 Å². The normalized spacial score (nSPS) is 11.6. The summed E-state index contributed by atoms with van der Waals surface area (Å²) in [6.07, 6.45) is 1.57. The summed E-state index contributed by atoms with van der Waals surface area (Å²) in [6.45, 7) is 0. The smallest absolute Gasteiger partial charge is 0.337 e. The van der Waals surface area contributed by atoms with Gasteiger partial charge in [-0.05, 0) is 48.5 Å². The van der Waals surface area contributed by atoms with Gasteiger partial charge in [0, 0.05) is 10.9 Å². The molecule has 0 unspecified atom stereocenters. The Labute approximate surface area is 178 Å². The second-order valence-corrected chi connectivity index (χ2v) is 7.48. The molecular formula is C21H13ClFN3O3S. The number of hydrogen-bond donors (Lipinski definition) is 1. The maximum Gasteiger partial charge on any atom is 0.337 e. The minimum Gasteiger partial charge on any atom is -0.465 e. The minimum atomic E-state index is -0.530. The molecule has 30 heavy (non-hydrogen) atoms. The highest BCUT2D eigenvalue weighted by molar-refractivity contribution is 7.13. The van der Waals surface area contributed by atoms with Crippen LogP contribution >= 0.6 is 22.9 Å². The molecule has 2 aromatic heterocycles. The van der Waals surface area contributed by atoms with Gasteiger partial charge >= 0.3 is 5.97 Å². The Kier molecular flexibility index (Phi) is 5.43. The summed E-state index contributed by atoms with van der Waals surface area (Å²) in [6, 6.07) is 10.5. The summed E-state index contributed by atoms with van der Waals surface area (Å²) in [5.41, 5.74) is 1.55. The summed E-state index contributed by atoms with van der Waals surface area (Å²) >= 11 is 7.75. The van der Waals surface area contributed by atoms with Gasteiger partial charge in [-0.15, -0.1) is 11.3 Å². The van der Waals surface area contributed by atoms with Crippen LogP contribution in [0, 0.1) is 5.82 Å². The van der Waals surface area contributed by atoms with Crippen LogP contribution in [0.2, 0.25) is 0 Å². The highest BCUT2D eigenvalue weighted by atomic mass is 35.5. The van der Waals surface area contributed by atoms with Crippen LogP contribution in [0.25, 0.3) is 32.6 Å². The van der Waals surface area contributed by atoms with Crippen molar-refractivity contribution in [3.8, 4) is 10.6 Å². The predicted molar refractivity (Wildman–Crippen MR) is 115 cm³/mol. The van der Waals surface area contributed by atoms with Gasteiger partial charge in [-0.25, -0.2) is 19.2 Å². The molecule has 2 heterocycles. The zero-order valence-electron chi connectivity index (χ0n) is 15.5. The number of carbonyl (C=O) groups excluding carboxylic acids is 1. The quantitative estimate of drug-likeness (QED) is 0.463. The molecule has 150 valence electrons. The number of halogens is 2. The summed E-state index contributed by atoms with van der Waals surface area (Å²) in [4.78, 5) is 35.6. The number of H-pyrrole nitrogens is 1. The van der Waals surface area contributed by atoms with Gasteiger partial charge in [-0.2, -0.15) is 0 Å². The maximum atomic E-state index is 13.1. The van der Waals surface area contributed by atoms with Crippen molar-refractivity contribution in [3.63, 3.8) is 0 Å². The number of nitrogens with one attached hydrogen (secondary N) is 1. The summed E-state index contributed by atoms with van der Waals surface area (Å²) in [5.74, 6) is -0.703. The lowest BCUT2D eigenvalue weighted by Crippen LogP contribution is -2.11. The van der Waals surface area contributed by atoms with E-state index in [0.29, 0.717) is 21.6 Å². The second kappa shape index (κ2) is 8.17. The van der Waals surface area contributed by atoms with Gasteiger partial charge in [-0.1, -0.05) is 11.6 Å². The Morgan fingerprint density at radius 1 is 1.20 bits per heavy atom. The van der Waals surface area contributed by atoms with Gasteiger partial charge in [0.15, 0.2) is 5.82 Å². The molecule has 4 aromatic rings. The number of thiazole rings is 1. The van der Waals surface area contributed by atoms with Gasteiger partial charge in [0.05, 0.1) is 34.3 Å². The number of nitrogens with zero attached hydrogens (tertiary/aromatic N) is 2.